The number of amides is 1. The summed E-state index contributed by atoms with van der Waals surface area (Å²) in [6.45, 7) is 5.92. The van der Waals surface area contributed by atoms with Crippen LogP contribution in [0.15, 0.2) is 18.2 Å². The van der Waals surface area contributed by atoms with Gasteiger partial charge in [0.2, 0.25) is 5.91 Å². The molecule has 0 spiro atoms. The highest BCUT2D eigenvalue weighted by atomic mass is 19.2. The minimum absolute atomic E-state index is 0.0386. The number of piperidine rings is 1. The Morgan fingerprint density at radius 2 is 1.95 bits per heavy atom. The third-order valence-corrected chi connectivity index (χ3v) is 4.52. The third-order valence-electron chi connectivity index (χ3n) is 4.52. The first kappa shape index (κ1) is 16.9. The van der Waals surface area contributed by atoms with Gasteiger partial charge in [0.1, 0.15) is 0 Å². The molecule has 1 heterocycles. The molecule has 1 fully saturated rings. The molecule has 0 aliphatic carbocycles. The van der Waals surface area contributed by atoms with Crippen LogP contribution >= 0.6 is 0 Å². The van der Waals surface area contributed by atoms with Crippen molar-refractivity contribution in [2.75, 3.05) is 13.1 Å². The van der Waals surface area contributed by atoms with Crippen molar-refractivity contribution < 1.29 is 13.6 Å². The molecule has 22 heavy (non-hydrogen) atoms. The molecule has 0 radical (unpaired) electrons. The summed E-state index contributed by atoms with van der Waals surface area (Å²) >= 11 is 0. The molecule has 1 aromatic carbocycles. The first-order valence-electron chi connectivity index (χ1n) is 7.92. The summed E-state index contributed by atoms with van der Waals surface area (Å²) in [5.74, 6) is -0.892. The van der Waals surface area contributed by atoms with Crippen LogP contribution in [0.5, 0.6) is 0 Å². The van der Waals surface area contributed by atoms with Crippen LogP contribution in [-0.4, -0.2) is 19.0 Å². The van der Waals surface area contributed by atoms with Gasteiger partial charge < -0.3 is 10.6 Å². The Morgan fingerprint density at radius 3 is 2.59 bits per heavy atom. The van der Waals surface area contributed by atoms with Crippen LogP contribution in [0.2, 0.25) is 0 Å². The van der Waals surface area contributed by atoms with Gasteiger partial charge in [0.25, 0.3) is 0 Å². The number of benzene rings is 1. The second kappa shape index (κ2) is 7.68. The molecule has 5 heteroatoms. The van der Waals surface area contributed by atoms with Crippen molar-refractivity contribution in [2.24, 2.45) is 11.8 Å². The number of halogens is 2. The van der Waals surface area contributed by atoms with E-state index in [2.05, 4.69) is 17.6 Å². The maximum Gasteiger partial charge on any atom is 0.220 e. The number of carbonyl (C=O) groups excluding carboxylic acids is 1. The van der Waals surface area contributed by atoms with Crippen LogP contribution in [0.1, 0.15) is 44.7 Å². The molecule has 1 aromatic rings. The Balaban J connectivity index is 1.86. The minimum Gasteiger partial charge on any atom is -0.350 e. The van der Waals surface area contributed by atoms with Crippen LogP contribution in [0.25, 0.3) is 0 Å². The zero-order valence-electron chi connectivity index (χ0n) is 13.2. The van der Waals surface area contributed by atoms with Gasteiger partial charge >= 0.3 is 0 Å². The highest BCUT2D eigenvalue weighted by Crippen LogP contribution is 2.24. The van der Waals surface area contributed by atoms with Crippen molar-refractivity contribution in [1.29, 1.82) is 0 Å². The van der Waals surface area contributed by atoms with Gasteiger partial charge in [0.15, 0.2) is 11.6 Å². The van der Waals surface area contributed by atoms with Crippen LogP contribution in [0.4, 0.5) is 8.78 Å². The van der Waals surface area contributed by atoms with Gasteiger partial charge in [-0.15, -0.1) is 0 Å². The van der Waals surface area contributed by atoms with Gasteiger partial charge in [0, 0.05) is 6.42 Å². The fourth-order valence-electron chi connectivity index (χ4n) is 3.04. The van der Waals surface area contributed by atoms with Crippen molar-refractivity contribution in [3.63, 3.8) is 0 Å². The standard InChI is InChI=1S/C17H24F2N2O/c1-11(13-5-7-20-8-6-13)9-17(22)21-12(2)14-3-4-15(18)16(19)10-14/h3-4,10-13,20H,5-9H2,1-2H3,(H,21,22). The molecule has 2 atom stereocenters. The first-order chi connectivity index (χ1) is 10.5. The molecular formula is C17H24F2N2O. The molecule has 3 nitrogen and oxygen atoms in total. The molecule has 1 aliphatic rings. The molecule has 0 aromatic heterocycles. The van der Waals surface area contributed by atoms with E-state index in [1.807, 2.05) is 0 Å². The van der Waals surface area contributed by atoms with E-state index < -0.39 is 11.6 Å². The zero-order chi connectivity index (χ0) is 16.1. The van der Waals surface area contributed by atoms with Crippen LogP contribution < -0.4 is 10.6 Å². The summed E-state index contributed by atoms with van der Waals surface area (Å²) in [6.07, 6.45) is 2.68. The molecule has 122 valence electrons. The Morgan fingerprint density at radius 1 is 1.27 bits per heavy atom. The van der Waals surface area contributed by atoms with E-state index in [-0.39, 0.29) is 11.9 Å². The third kappa shape index (κ3) is 4.50. The maximum atomic E-state index is 13.2. The maximum absolute atomic E-state index is 13.2. The van der Waals surface area contributed by atoms with Crippen molar-refractivity contribution >= 4 is 5.91 Å². The zero-order valence-corrected chi connectivity index (χ0v) is 13.2. The van der Waals surface area contributed by atoms with Gasteiger partial charge in [-0.05, 0) is 62.4 Å². The summed E-state index contributed by atoms with van der Waals surface area (Å²) < 4.78 is 26.2. The Kier molecular flexibility index (Phi) is 5.89. The van der Waals surface area contributed by atoms with E-state index in [1.165, 1.54) is 6.07 Å². The summed E-state index contributed by atoms with van der Waals surface area (Å²) in [5, 5.41) is 6.19. The molecule has 2 rings (SSSR count). The topological polar surface area (TPSA) is 41.1 Å². The van der Waals surface area contributed by atoms with Gasteiger partial charge in [-0.3, -0.25) is 4.79 Å². The second-order valence-corrected chi connectivity index (χ2v) is 6.23. The molecular weight excluding hydrogens is 286 g/mol. The van der Waals surface area contributed by atoms with Crippen LogP contribution in [-0.2, 0) is 4.79 Å². The fourth-order valence-corrected chi connectivity index (χ4v) is 3.04. The summed E-state index contributed by atoms with van der Waals surface area (Å²) in [5.41, 5.74) is 0.571. The Bertz CT molecular complexity index is 515. The predicted molar refractivity (Wildman–Crippen MR) is 82.3 cm³/mol. The summed E-state index contributed by atoms with van der Waals surface area (Å²) in [6, 6.07) is 3.39. The van der Waals surface area contributed by atoms with Gasteiger partial charge in [-0.25, -0.2) is 8.78 Å². The van der Waals surface area contributed by atoms with E-state index >= 15 is 0 Å². The number of nitrogens with one attached hydrogen (secondary N) is 2. The van der Waals surface area contributed by atoms with Gasteiger partial charge in [-0.1, -0.05) is 13.0 Å². The SMILES string of the molecule is CC(NC(=O)CC(C)C1CCNCC1)c1ccc(F)c(F)c1. The molecule has 0 bridgehead atoms. The molecule has 1 saturated heterocycles. The van der Waals surface area contributed by atoms with E-state index in [1.54, 1.807) is 6.92 Å². The lowest BCUT2D eigenvalue weighted by Gasteiger charge is -2.28. The molecule has 1 aliphatic heterocycles. The quantitative estimate of drug-likeness (QED) is 0.877. The van der Waals surface area contributed by atoms with Crippen LogP contribution in [0, 0.1) is 23.5 Å². The molecule has 2 unspecified atom stereocenters. The van der Waals surface area contributed by atoms with Crippen molar-refractivity contribution in [1.82, 2.24) is 10.6 Å². The molecule has 1 amide bonds. The predicted octanol–water partition coefficient (Wildman–Crippen LogP) is 3.17. The Labute approximate surface area is 130 Å². The fraction of sp³-hybridized carbons (Fsp3) is 0.588. The lowest BCUT2D eigenvalue weighted by atomic mass is 9.84. The van der Waals surface area contributed by atoms with Gasteiger partial charge in [-0.2, -0.15) is 0 Å². The van der Waals surface area contributed by atoms with Crippen molar-refractivity contribution in [2.45, 2.75) is 39.2 Å². The van der Waals surface area contributed by atoms with E-state index in [0.29, 0.717) is 23.8 Å². The highest BCUT2D eigenvalue weighted by Gasteiger charge is 2.22. The lowest BCUT2D eigenvalue weighted by molar-refractivity contribution is -0.123. The average molecular weight is 310 g/mol. The second-order valence-electron chi connectivity index (χ2n) is 6.23. The minimum atomic E-state index is -0.887. The molecule has 0 saturated carbocycles. The number of hydrogen-bond acceptors (Lipinski definition) is 2. The van der Waals surface area contributed by atoms with Crippen LogP contribution in [0.3, 0.4) is 0 Å². The highest BCUT2D eigenvalue weighted by molar-refractivity contribution is 5.76. The molecule has 2 N–H and O–H groups in total. The first-order valence-corrected chi connectivity index (χ1v) is 7.92. The lowest BCUT2D eigenvalue weighted by Crippen LogP contribution is -2.34. The van der Waals surface area contributed by atoms with Crippen molar-refractivity contribution in [3.8, 4) is 0 Å². The smallest absolute Gasteiger partial charge is 0.220 e. The van der Waals surface area contributed by atoms with Gasteiger partial charge in [0.05, 0.1) is 6.04 Å². The normalized spacial score (nSPS) is 18.7. The number of carbonyl (C=O) groups is 1. The number of rotatable bonds is 5. The largest absolute Gasteiger partial charge is 0.350 e. The average Bonchev–Trinajstić information content (AvgIpc) is 2.50. The van der Waals surface area contributed by atoms with E-state index in [0.717, 1.165) is 38.1 Å². The summed E-state index contributed by atoms with van der Waals surface area (Å²) in [4.78, 5) is 12.1. The summed E-state index contributed by atoms with van der Waals surface area (Å²) in [7, 11) is 0. The van der Waals surface area contributed by atoms with E-state index in [9.17, 15) is 13.6 Å². The number of hydrogen-bond donors (Lipinski definition) is 2. The monoisotopic (exact) mass is 310 g/mol. The van der Waals surface area contributed by atoms with Crippen molar-refractivity contribution in [3.05, 3.63) is 35.4 Å². The van der Waals surface area contributed by atoms with E-state index in [4.69, 9.17) is 0 Å². The Hall–Kier alpha value is -1.49.